The van der Waals surface area contributed by atoms with Gasteiger partial charge in [0, 0.05) is 22.8 Å². The van der Waals surface area contributed by atoms with E-state index >= 15 is 0 Å². The molecule has 4 rings (SSSR count). The third-order valence-corrected chi connectivity index (χ3v) is 5.75. The van der Waals surface area contributed by atoms with Crippen LogP contribution in [0.5, 0.6) is 0 Å². The highest BCUT2D eigenvalue weighted by atomic mass is 32.2. The molecule has 1 aliphatic carbocycles. The molecule has 1 atom stereocenters. The number of benzene rings is 2. The Kier molecular flexibility index (Phi) is 3.92. The Bertz CT molecular complexity index is 787. The van der Waals surface area contributed by atoms with Gasteiger partial charge in [0.2, 0.25) is 0 Å². The number of carbonyl (C=O) groups is 1. The van der Waals surface area contributed by atoms with E-state index in [0.717, 1.165) is 18.4 Å². The van der Waals surface area contributed by atoms with Crippen molar-refractivity contribution in [1.29, 1.82) is 0 Å². The van der Waals surface area contributed by atoms with E-state index in [-0.39, 0.29) is 5.92 Å². The van der Waals surface area contributed by atoms with Gasteiger partial charge >= 0.3 is 0 Å². The van der Waals surface area contributed by atoms with Crippen molar-refractivity contribution in [3.63, 3.8) is 0 Å². The molecule has 0 N–H and O–H groups in total. The summed E-state index contributed by atoms with van der Waals surface area (Å²) < 4.78 is 0. The normalized spacial score (nSPS) is 21.0. The van der Waals surface area contributed by atoms with Crippen molar-refractivity contribution < 1.29 is 4.79 Å². The lowest BCUT2D eigenvalue weighted by Gasteiger charge is -2.30. The molecule has 2 heteroatoms. The number of rotatable bonds is 2. The second kappa shape index (κ2) is 6.21. The molecule has 2 aliphatic rings. The van der Waals surface area contributed by atoms with Gasteiger partial charge in [0.05, 0.1) is 0 Å². The van der Waals surface area contributed by atoms with Crippen LogP contribution in [-0.2, 0) is 4.79 Å². The molecule has 0 fully saturated rings. The van der Waals surface area contributed by atoms with Crippen LogP contribution in [0, 0.1) is 0 Å². The van der Waals surface area contributed by atoms with Crippen LogP contribution >= 0.6 is 11.8 Å². The summed E-state index contributed by atoms with van der Waals surface area (Å²) in [5, 5.41) is 0. The van der Waals surface area contributed by atoms with Crippen molar-refractivity contribution in [3.05, 3.63) is 88.3 Å². The van der Waals surface area contributed by atoms with Gasteiger partial charge in [-0.2, -0.15) is 0 Å². The Labute approximate surface area is 141 Å². The van der Waals surface area contributed by atoms with Crippen molar-refractivity contribution in [2.24, 2.45) is 0 Å². The van der Waals surface area contributed by atoms with Crippen LogP contribution in [0.2, 0.25) is 0 Å². The SMILES string of the molecule is O=C1CCCC2=C1[C@H](c1ccccc1)C=C(c1ccccc1)S2. The summed E-state index contributed by atoms with van der Waals surface area (Å²) in [4.78, 5) is 15.1. The molecule has 1 aliphatic heterocycles. The van der Waals surface area contributed by atoms with Gasteiger partial charge in [-0.1, -0.05) is 78.5 Å². The Morgan fingerprint density at radius 2 is 1.57 bits per heavy atom. The zero-order chi connectivity index (χ0) is 15.6. The minimum atomic E-state index is 0.0930. The van der Waals surface area contributed by atoms with Crippen molar-refractivity contribution >= 4 is 22.5 Å². The molecule has 23 heavy (non-hydrogen) atoms. The number of Topliss-reactive ketones (excluding diaryl/α,β-unsaturated/α-hetero) is 1. The van der Waals surface area contributed by atoms with Crippen LogP contribution in [-0.4, -0.2) is 5.78 Å². The summed E-state index contributed by atoms with van der Waals surface area (Å²) in [6, 6.07) is 20.9. The summed E-state index contributed by atoms with van der Waals surface area (Å²) in [5.41, 5.74) is 3.49. The fraction of sp³-hybridized carbons (Fsp3) is 0.190. The van der Waals surface area contributed by atoms with Crippen molar-refractivity contribution in [2.45, 2.75) is 25.2 Å². The number of ketones is 1. The summed E-state index contributed by atoms with van der Waals surface area (Å²) in [7, 11) is 0. The Morgan fingerprint density at radius 3 is 2.30 bits per heavy atom. The molecule has 0 radical (unpaired) electrons. The molecule has 0 bridgehead atoms. The number of hydrogen-bond acceptors (Lipinski definition) is 2. The molecule has 0 saturated heterocycles. The molecule has 0 spiro atoms. The summed E-state index contributed by atoms with van der Waals surface area (Å²) in [6.07, 6.45) is 4.97. The second-order valence-electron chi connectivity index (χ2n) is 6.00. The van der Waals surface area contributed by atoms with E-state index in [1.165, 1.54) is 20.9 Å². The van der Waals surface area contributed by atoms with Gasteiger partial charge in [-0.3, -0.25) is 4.79 Å². The molecule has 1 nitrogen and oxygen atoms in total. The maximum Gasteiger partial charge on any atom is 0.160 e. The molecule has 0 aromatic heterocycles. The minimum Gasteiger partial charge on any atom is -0.294 e. The monoisotopic (exact) mass is 318 g/mol. The number of allylic oxidation sites excluding steroid dienone is 3. The molecular formula is C21H18OS. The van der Waals surface area contributed by atoms with E-state index in [2.05, 4.69) is 54.6 Å². The molecule has 2 aromatic rings. The third kappa shape index (κ3) is 2.79. The Morgan fingerprint density at radius 1 is 0.870 bits per heavy atom. The molecule has 114 valence electrons. The minimum absolute atomic E-state index is 0.0930. The first-order valence-electron chi connectivity index (χ1n) is 8.09. The van der Waals surface area contributed by atoms with Gasteiger partial charge in [0.1, 0.15) is 0 Å². The number of hydrogen-bond donors (Lipinski definition) is 0. The molecule has 2 aromatic carbocycles. The molecule has 0 saturated carbocycles. The summed E-state index contributed by atoms with van der Waals surface area (Å²) in [5.74, 6) is 0.423. The smallest absolute Gasteiger partial charge is 0.160 e. The maximum atomic E-state index is 12.6. The zero-order valence-corrected chi connectivity index (χ0v) is 13.7. The van der Waals surface area contributed by atoms with Crippen LogP contribution in [0.25, 0.3) is 4.91 Å². The molecule has 1 heterocycles. The summed E-state index contributed by atoms with van der Waals surface area (Å²) >= 11 is 1.79. The standard InChI is InChI=1S/C21H18OS/c22-18-12-7-13-19-21(18)17(15-8-3-1-4-9-15)14-20(23-19)16-10-5-2-6-11-16/h1-6,8-11,14,17H,7,12-13H2/t17-/m0/s1. The van der Waals surface area contributed by atoms with E-state index in [1.807, 2.05) is 12.1 Å². The topological polar surface area (TPSA) is 17.1 Å². The van der Waals surface area contributed by atoms with Crippen molar-refractivity contribution in [2.75, 3.05) is 0 Å². The highest BCUT2D eigenvalue weighted by Gasteiger charge is 2.32. The van der Waals surface area contributed by atoms with E-state index in [1.54, 1.807) is 11.8 Å². The van der Waals surface area contributed by atoms with E-state index < -0.39 is 0 Å². The zero-order valence-electron chi connectivity index (χ0n) is 12.9. The van der Waals surface area contributed by atoms with Crippen LogP contribution in [0.15, 0.2) is 77.2 Å². The van der Waals surface area contributed by atoms with Gasteiger partial charge in [0.15, 0.2) is 5.78 Å². The summed E-state index contributed by atoms with van der Waals surface area (Å²) in [6.45, 7) is 0. The fourth-order valence-electron chi connectivity index (χ4n) is 3.37. The lowest BCUT2D eigenvalue weighted by atomic mass is 9.82. The third-order valence-electron chi connectivity index (χ3n) is 4.49. The molecule has 0 amide bonds. The van der Waals surface area contributed by atoms with E-state index in [9.17, 15) is 4.79 Å². The van der Waals surface area contributed by atoms with Gasteiger partial charge < -0.3 is 0 Å². The van der Waals surface area contributed by atoms with E-state index in [0.29, 0.717) is 12.2 Å². The highest BCUT2D eigenvalue weighted by molar-refractivity contribution is 8.11. The number of thioether (sulfide) groups is 1. The lowest BCUT2D eigenvalue weighted by Crippen LogP contribution is -2.18. The first-order chi connectivity index (χ1) is 11.3. The van der Waals surface area contributed by atoms with Crippen LogP contribution < -0.4 is 0 Å². The Balaban J connectivity index is 1.83. The van der Waals surface area contributed by atoms with Crippen LogP contribution in [0.3, 0.4) is 0 Å². The predicted molar refractivity (Wildman–Crippen MR) is 97.1 cm³/mol. The van der Waals surface area contributed by atoms with Crippen molar-refractivity contribution in [3.8, 4) is 0 Å². The average molecular weight is 318 g/mol. The predicted octanol–water partition coefficient (Wildman–Crippen LogP) is 5.57. The fourth-order valence-corrected chi connectivity index (χ4v) is 4.69. The first kappa shape index (κ1) is 14.5. The Hall–Kier alpha value is -2.06. The van der Waals surface area contributed by atoms with Gasteiger partial charge in [-0.25, -0.2) is 0 Å². The number of carbonyl (C=O) groups excluding carboxylic acids is 1. The van der Waals surface area contributed by atoms with Crippen LogP contribution in [0.4, 0.5) is 0 Å². The van der Waals surface area contributed by atoms with Crippen LogP contribution in [0.1, 0.15) is 36.3 Å². The highest BCUT2D eigenvalue weighted by Crippen LogP contribution is 2.49. The average Bonchev–Trinajstić information content (AvgIpc) is 2.62. The lowest BCUT2D eigenvalue weighted by molar-refractivity contribution is -0.116. The van der Waals surface area contributed by atoms with Gasteiger partial charge in [-0.05, 0) is 28.9 Å². The quantitative estimate of drug-likeness (QED) is 0.720. The first-order valence-corrected chi connectivity index (χ1v) is 8.91. The molecule has 0 unspecified atom stereocenters. The largest absolute Gasteiger partial charge is 0.294 e. The molecular weight excluding hydrogens is 300 g/mol. The van der Waals surface area contributed by atoms with Crippen molar-refractivity contribution in [1.82, 2.24) is 0 Å². The second-order valence-corrected chi connectivity index (χ2v) is 7.14. The van der Waals surface area contributed by atoms with E-state index in [4.69, 9.17) is 0 Å². The van der Waals surface area contributed by atoms with Gasteiger partial charge in [-0.15, -0.1) is 0 Å². The van der Waals surface area contributed by atoms with Gasteiger partial charge in [0.25, 0.3) is 0 Å². The maximum absolute atomic E-state index is 12.6.